The lowest BCUT2D eigenvalue weighted by molar-refractivity contribution is -0.136. The topological polar surface area (TPSA) is 40.5 Å². The first-order valence-corrected chi connectivity index (χ1v) is 6.18. The van der Waals surface area contributed by atoms with E-state index in [1.54, 1.807) is 0 Å². The molecule has 2 atom stereocenters. The highest BCUT2D eigenvalue weighted by Gasteiger charge is 2.34. The molecular formula is C11H12ClNO2S. The Morgan fingerprint density at radius 3 is 2.88 bits per heavy atom. The number of aliphatic carboxylic acids is 1. The summed E-state index contributed by atoms with van der Waals surface area (Å²) in [6.07, 6.45) is 0. The summed E-state index contributed by atoms with van der Waals surface area (Å²) in [6.45, 7) is 1.92. The maximum Gasteiger partial charge on any atom is 0.319 e. The van der Waals surface area contributed by atoms with Gasteiger partial charge in [0.15, 0.2) is 0 Å². The number of thioether (sulfide) groups is 1. The van der Waals surface area contributed by atoms with Crippen molar-refractivity contribution in [3.8, 4) is 0 Å². The number of fused-ring (bicyclic) bond motifs is 1. The second-order valence-corrected chi connectivity index (χ2v) is 5.46. The maximum atomic E-state index is 11.1. The van der Waals surface area contributed by atoms with Gasteiger partial charge in [-0.2, -0.15) is 0 Å². The molecule has 1 N–H and O–H groups in total. The normalized spacial score (nSPS) is 24.1. The van der Waals surface area contributed by atoms with E-state index >= 15 is 0 Å². The van der Waals surface area contributed by atoms with E-state index in [0.717, 1.165) is 10.6 Å². The van der Waals surface area contributed by atoms with Crippen molar-refractivity contribution in [3.63, 3.8) is 0 Å². The van der Waals surface area contributed by atoms with Gasteiger partial charge in [0.05, 0.1) is 5.69 Å². The van der Waals surface area contributed by atoms with Crippen LogP contribution in [0, 0.1) is 0 Å². The summed E-state index contributed by atoms with van der Waals surface area (Å²) in [6, 6.07) is 5.54. The molecular weight excluding hydrogens is 246 g/mol. The number of hydrogen-bond acceptors (Lipinski definition) is 3. The third kappa shape index (κ3) is 1.87. The quantitative estimate of drug-likeness (QED) is 0.840. The molecule has 86 valence electrons. The summed E-state index contributed by atoms with van der Waals surface area (Å²) in [4.78, 5) is 14.0. The van der Waals surface area contributed by atoms with Crippen molar-refractivity contribution in [1.29, 1.82) is 0 Å². The van der Waals surface area contributed by atoms with E-state index in [9.17, 15) is 4.79 Å². The Labute approximate surface area is 103 Å². The standard InChI is InChI=1S/C11H12ClNO2S/c1-6-10(11(14)15)16-9-5-7(12)3-4-8(9)13(6)2/h3-6,10H,1-2H3,(H,14,15). The number of carbonyl (C=O) groups is 1. The summed E-state index contributed by atoms with van der Waals surface area (Å²) in [5.74, 6) is -0.782. The molecule has 3 nitrogen and oxygen atoms in total. The van der Waals surface area contributed by atoms with Crippen LogP contribution >= 0.6 is 23.4 Å². The van der Waals surface area contributed by atoms with Crippen LogP contribution < -0.4 is 4.90 Å². The Morgan fingerprint density at radius 1 is 1.56 bits per heavy atom. The summed E-state index contributed by atoms with van der Waals surface area (Å²) in [5, 5.41) is 9.33. The van der Waals surface area contributed by atoms with Crippen LogP contribution in [0.25, 0.3) is 0 Å². The zero-order chi connectivity index (χ0) is 11.9. The van der Waals surface area contributed by atoms with E-state index in [1.165, 1.54) is 11.8 Å². The van der Waals surface area contributed by atoms with Crippen LogP contribution in [-0.2, 0) is 4.79 Å². The number of nitrogens with zero attached hydrogens (tertiary/aromatic N) is 1. The average molecular weight is 258 g/mol. The second kappa shape index (κ2) is 4.18. The van der Waals surface area contributed by atoms with Crippen molar-refractivity contribution in [1.82, 2.24) is 0 Å². The summed E-state index contributed by atoms with van der Waals surface area (Å²) in [7, 11) is 1.91. The number of anilines is 1. The van der Waals surface area contributed by atoms with Crippen LogP contribution in [0.4, 0.5) is 5.69 Å². The first-order chi connectivity index (χ1) is 7.50. The van der Waals surface area contributed by atoms with Gasteiger partial charge in [-0.25, -0.2) is 0 Å². The number of rotatable bonds is 1. The van der Waals surface area contributed by atoms with Crippen molar-refractivity contribution in [2.45, 2.75) is 23.1 Å². The minimum atomic E-state index is -0.782. The molecule has 1 aromatic rings. The number of halogens is 1. The lowest BCUT2D eigenvalue weighted by Gasteiger charge is -2.37. The molecule has 1 aliphatic heterocycles. The highest BCUT2D eigenvalue weighted by Crippen LogP contribution is 2.42. The molecule has 0 amide bonds. The molecule has 1 aliphatic rings. The summed E-state index contributed by atoms with van der Waals surface area (Å²) >= 11 is 7.27. The molecule has 1 heterocycles. The van der Waals surface area contributed by atoms with Crippen molar-refractivity contribution in [3.05, 3.63) is 23.2 Å². The van der Waals surface area contributed by atoms with Crippen molar-refractivity contribution < 1.29 is 9.90 Å². The molecule has 0 aromatic heterocycles. The van der Waals surface area contributed by atoms with Crippen molar-refractivity contribution in [2.75, 3.05) is 11.9 Å². The van der Waals surface area contributed by atoms with Crippen molar-refractivity contribution in [2.24, 2.45) is 0 Å². The van der Waals surface area contributed by atoms with Gasteiger partial charge in [0, 0.05) is 23.0 Å². The van der Waals surface area contributed by atoms with Crippen LogP contribution in [0.2, 0.25) is 5.02 Å². The van der Waals surface area contributed by atoms with Gasteiger partial charge in [0.2, 0.25) is 0 Å². The molecule has 1 aromatic carbocycles. The Morgan fingerprint density at radius 2 is 2.25 bits per heavy atom. The number of hydrogen-bond donors (Lipinski definition) is 1. The summed E-state index contributed by atoms with van der Waals surface area (Å²) < 4.78 is 0. The van der Waals surface area contributed by atoms with E-state index in [2.05, 4.69) is 0 Å². The molecule has 0 radical (unpaired) electrons. The first kappa shape index (κ1) is 11.6. The lowest BCUT2D eigenvalue weighted by atomic mass is 10.1. The largest absolute Gasteiger partial charge is 0.480 e. The van der Waals surface area contributed by atoms with Crippen molar-refractivity contribution >= 4 is 35.0 Å². The van der Waals surface area contributed by atoms with Crippen LogP contribution in [0.1, 0.15) is 6.92 Å². The molecule has 2 rings (SSSR count). The molecule has 0 saturated heterocycles. The van der Waals surface area contributed by atoms with Crippen LogP contribution in [0.3, 0.4) is 0 Å². The molecule has 0 aliphatic carbocycles. The highest BCUT2D eigenvalue weighted by molar-refractivity contribution is 8.01. The van der Waals surface area contributed by atoms with E-state index in [4.69, 9.17) is 16.7 Å². The fourth-order valence-electron chi connectivity index (χ4n) is 1.79. The third-order valence-electron chi connectivity index (χ3n) is 2.85. The predicted molar refractivity (Wildman–Crippen MR) is 66.6 cm³/mol. The number of carboxylic acids is 1. The Hall–Kier alpha value is -0.870. The second-order valence-electron chi connectivity index (χ2n) is 3.84. The molecule has 5 heteroatoms. The highest BCUT2D eigenvalue weighted by atomic mass is 35.5. The Balaban J connectivity index is 2.44. The molecule has 16 heavy (non-hydrogen) atoms. The van der Waals surface area contributed by atoms with Gasteiger partial charge >= 0.3 is 5.97 Å². The van der Waals surface area contributed by atoms with E-state index in [1.807, 2.05) is 37.1 Å². The average Bonchev–Trinajstić information content (AvgIpc) is 2.22. The smallest absolute Gasteiger partial charge is 0.319 e. The Kier molecular flexibility index (Phi) is 3.04. The van der Waals surface area contributed by atoms with E-state index < -0.39 is 11.2 Å². The minimum Gasteiger partial charge on any atom is -0.480 e. The van der Waals surface area contributed by atoms with Gasteiger partial charge < -0.3 is 10.0 Å². The third-order valence-corrected chi connectivity index (χ3v) is 4.51. The summed E-state index contributed by atoms with van der Waals surface area (Å²) in [5.41, 5.74) is 1.04. The predicted octanol–water partition coefficient (Wildman–Crippen LogP) is 2.72. The first-order valence-electron chi connectivity index (χ1n) is 4.92. The van der Waals surface area contributed by atoms with Gasteiger partial charge in [0.25, 0.3) is 0 Å². The minimum absolute atomic E-state index is 0.0313. The molecule has 2 unspecified atom stereocenters. The van der Waals surface area contributed by atoms with Crippen LogP contribution in [0.15, 0.2) is 23.1 Å². The monoisotopic (exact) mass is 257 g/mol. The van der Waals surface area contributed by atoms with E-state index in [0.29, 0.717) is 5.02 Å². The van der Waals surface area contributed by atoms with Gasteiger partial charge in [0.1, 0.15) is 5.25 Å². The molecule has 0 spiro atoms. The lowest BCUT2D eigenvalue weighted by Crippen LogP contribution is -2.44. The van der Waals surface area contributed by atoms with Gasteiger partial charge in [-0.1, -0.05) is 11.6 Å². The zero-order valence-electron chi connectivity index (χ0n) is 8.98. The van der Waals surface area contributed by atoms with E-state index in [-0.39, 0.29) is 6.04 Å². The Bertz CT molecular complexity index is 438. The van der Waals surface area contributed by atoms with Gasteiger partial charge in [-0.3, -0.25) is 4.79 Å². The fourth-order valence-corrected chi connectivity index (χ4v) is 3.31. The molecule has 0 bridgehead atoms. The molecule has 0 saturated carbocycles. The van der Waals surface area contributed by atoms with Crippen LogP contribution in [0.5, 0.6) is 0 Å². The SMILES string of the molecule is CC1C(C(=O)O)Sc2cc(Cl)ccc2N1C. The van der Waals surface area contributed by atoms with Gasteiger partial charge in [-0.05, 0) is 25.1 Å². The maximum absolute atomic E-state index is 11.1. The fraction of sp³-hybridized carbons (Fsp3) is 0.364. The van der Waals surface area contributed by atoms with Gasteiger partial charge in [-0.15, -0.1) is 11.8 Å². The van der Waals surface area contributed by atoms with Crippen LogP contribution in [-0.4, -0.2) is 29.4 Å². The number of benzene rings is 1. The molecule has 0 fully saturated rings. The number of carboxylic acid groups (broad SMARTS) is 1. The zero-order valence-corrected chi connectivity index (χ0v) is 10.5.